The molecular formula is C45H75GaN6O13. The molecular weight excluding hydrogens is 902 g/mol. The predicted octanol–water partition coefficient (Wildman–Crippen LogP) is -2.81. The van der Waals surface area contributed by atoms with Gasteiger partial charge in [0.1, 0.15) is 12.3 Å². The summed E-state index contributed by atoms with van der Waals surface area (Å²) >= 11 is 0. The number of fused-ring (bicyclic) bond motifs is 5. The zero-order valence-electron chi connectivity index (χ0n) is 38.7. The number of carbonyl (C=O) groups excluding carboxylic acids is 5. The Kier molecular flexibility index (Phi) is 22.3. The van der Waals surface area contributed by atoms with E-state index in [9.17, 15) is 59.4 Å². The van der Waals surface area contributed by atoms with Gasteiger partial charge < -0.3 is 61.1 Å². The Morgan fingerprint density at radius 3 is 1.98 bits per heavy atom. The van der Waals surface area contributed by atoms with Gasteiger partial charge >= 0.3 is 25.8 Å². The van der Waals surface area contributed by atoms with Gasteiger partial charge in [0, 0.05) is 78.4 Å². The van der Waals surface area contributed by atoms with Gasteiger partial charge in [-0.1, -0.05) is 20.8 Å². The van der Waals surface area contributed by atoms with E-state index in [0.29, 0.717) is 45.2 Å². The van der Waals surface area contributed by atoms with Gasteiger partial charge in [-0.25, -0.2) is 0 Å². The summed E-state index contributed by atoms with van der Waals surface area (Å²) in [6.07, 6.45) is 6.31. The minimum absolute atomic E-state index is 0. The number of aldehydes is 1. The Hall–Kier alpha value is -2.66. The molecule has 5 rings (SSSR count). The second kappa shape index (κ2) is 25.6. The van der Waals surface area contributed by atoms with Crippen molar-refractivity contribution in [3.8, 4) is 0 Å². The number of aliphatic hydroxyl groups excluding tert-OH is 3. The van der Waals surface area contributed by atoms with Crippen molar-refractivity contribution in [2.24, 2.45) is 46.3 Å². The monoisotopic (exact) mass is 976 g/mol. The zero-order chi connectivity index (χ0) is 46.1. The van der Waals surface area contributed by atoms with E-state index < -0.39 is 48.6 Å². The van der Waals surface area contributed by atoms with Crippen LogP contribution in [0.5, 0.6) is 0 Å². The summed E-state index contributed by atoms with van der Waals surface area (Å²) in [5, 5.41) is 72.5. The van der Waals surface area contributed by atoms with E-state index in [0.717, 1.165) is 32.0 Å². The molecule has 12 atom stereocenters. The van der Waals surface area contributed by atoms with E-state index in [1.807, 2.05) is 0 Å². The largest absolute Gasteiger partial charge is 3.00 e. The van der Waals surface area contributed by atoms with Crippen molar-refractivity contribution in [1.82, 2.24) is 30.2 Å². The average Bonchev–Trinajstić information content (AvgIpc) is 3.58. The van der Waals surface area contributed by atoms with Crippen molar-refractivity contribution in [2.45, 2.75) is 116 Å². The van der Waals surface area contributed by atoms with Crippen LogP contribution in [0.15, 0.2) is 0 Å². The SMILES string of the molecule is C[C@H](CCC(=O)NCC(=O)NCCCC(C(=O)O)N1CCN(CC=O)CCN(CC(=O)[O-])CCN(CC(=O)[O-])CC1)[C@H]1CC[C@H]2[C@@H]3C(O)C[C@@H]4C[C@H](O)CC[C@]4(C)[C@H]3C[C@H](O)[C@]12C.[Ga+3].[OH-]. The van der Waals surface area contributed by atoms with E-state index in [4.69, 9.17) is 0 Å². The van der Waals surface area contributed by atoms with Crippen LogP contribution in [0.2, 0.25) is 0 Å². The second-order valence-corrected chi connectivity index (χ2v) is 20.0. The van der Waals surface area contributed by atoms with Gasteiger partial charge in [0.05, 0.1) is 43.3 Å². The van der Waals surface area contributed by atoms with Crippen LogP contribution in [0.4, 0.5) is 0 Å². The Morgan fingerprint density at radius 1 is 0.785 bits per heavy atom. The molecule has 0 aromatic heterocycles. The molecule has 19 nitrogen and oxygen atoms in total. The van der Waals surface area contributed by atoms with Gasteiger partial charge in [-0.05, 0) is 111 Å². The van der Waals surface area contributed by atoms with E-state index in [-0.39, 0.29) is 162 Å². The number of rotatable bonds is 18. The summed E-state index contributed by atoms with van der Waals surface area (Å²) in [5.74, 6) is -3.28. The molecule has 20 heteroatoms. The smallest absolute Gasteiger partial charge is 0.870 e. The van der Waals surface area contributed by atoms with E-state index in [2.05, 4.69) is 31.4 Å². The van der Waals surface area contributed by atoms with Crippen LogP contribution < -0.4 is 20.8 Å². The molecule has 1 heterocycles. The van der Waals surface area contributed by atoms with Crippen LogP contribution in [0.3, 0.4) is 0 Å². The summed E-state index contributed by atoms with van der Waals surface area (Å²) in [4.78, 5) is 79.3. The number of carboxylic acids is 3. The van der Waals surface area contributed by atoms with Crippen LogP contribution in [0.1, 0.15) is 91.4 Å². The fourth-order valence-corrected chi connectivity index (χ4v) is 12.8. The number of aliphatic carboxylic acids is 3. The Morgan fingerprint density at radius 2 is 1.38 bits per heavy atom. The van der Waals surface area contributed by atoms with Crippen molar-refractivity contribution < 1.29 is 64.9 Å². The molecule has 65 heavy (non-hydrogen) atoms. The molecule has 2 amide bonds. The molecule has 0 spiro atoms. The van der Waals surface area contributed by atoms with Gasteiger partial charge in [-0.3, -0.25) is 34.0 Å². The summed E-state index contributed by atoms with van der Waals surface area (Å²) in [6.45, 7) is 7.73. The average molecular weight is 978 g/mol. The normalized spacial score (nSPS) is 33.7. The predicted molar refractivity (Wildman–Crippen MR) is 234 cm³/mol. The first-order chi connectivity index (χ1) is 29.9. The minimum atomic E-state index is -1.32. The number of carboxylic acid groups (broad SMARTS) is 3. The molecule has 5 fully saturated rings. The molecule has 1 aliphatic heterocycles. The molecule has 1 saturated heterocycles. The quantitative estimate of drug-likeness (QED) is 0.0459. The Balaban J connectivity index is 0.00000561. The standard InChI is InChI=1S/C45H76N6O12.Ga.H2O/c1-29(32-7-8-33-42-34(25-37(55)45(32,33)3)44(2)11-10-31(53)23-30(44)24-36(42)54)6-9-38(56)47-26-39(57)46-12-4-5-35(43(62)63)51-19-17-48(21-22-52)13-14-49(27-40(58)59)15-16-50(18-20-51)28-41(60)61;;/h22,29-37,42,53-55H,4-21,23-28H2,1-3H3,(H,46,57)(H,47,56)(H,58,59)(H,60,61)(H,62,63);;1H2/q;+3;/p-3/t29-,30+,31-,32-,33+,34+,35?,36?,37+,42+,44+,45-;;/m1../s1. The fourth-order valence-electron chi connectivity index (χ4n) is 12.8. The number of nitrogens with zero attached hydrogens (tertiary/aromatic N) is 4. The first-order valence-corrected chi connectivity index (χ1v) is 23.4. The van der Waals surface area contributed by atoms with Crippen LogP contribution >= 0.6 is 0 Å². The summed E-state index contributed by atoms with van der Waals surface area (Å²) in [5.41, 5.74) is -0.378. The minimum Gasteiger partial charge on any atom is -0.870 e. The third-order valence-corrected chi connectivity index (χ3v) is 16.4. The van der Waals surface area contributed by atoms with Gasteiger partial charge in [-0.15, -0.1) is 0 Å². The number of carbonyl (C=O) groups is 6. The van der Waals surface area contributed by atoms with Crippen LogP contribution in [-0.4, -0.2) is 211 Å². The van der Waals surface area contributed by atoms with E-state index in [1.165, 1.54) is 0 Å². The molecule has 0 bridgehead atoms. The number of amides is 2. The van der Waals surface area contributed by atoms with Crippen molar-refractivity contribution in [2.75, 3.05) is 85.1 Å². The summed E-state index contributed by atoms with van der Waals surface area (Å²) in [6, 6.07) is -0.979. The first-order valence-electron chi connectivity index (χ1n) is 23.4. The topological polar surface area (TPSA) is 296 Å². The van der Waals surface area contributed by atoms with E-state index >= 15 is 0 Å². The van der Waals surface area contributed by atoms with Gasteiger partial charge in [0.2, 0.25) is 11.8 Å². The molecule has 2 unspecified atom stereocenters. The maximum absolute atomic E-state index is 13.0. The Labute approximate surface area is 396 Å². The van der Waals surface area contributed by atoms with E-state index in [1.54, 1.807) is 19.6 Å². The number of hydrogen-bond donors (Lipinski definition) is 6. The Bertz CT molecular complexity index is 1600. The van der Waals surface area contributed by atoms with Crippen molar-refractivity contribution in [3.05, 3.63) is 0 Å². The van der Waals surface area contributed by atoms with Gasteiger partial charge in [-0.2, -0.15) is 0 Å². The summed E-state index contributed by atoms with van der Waals surface area (Å²) < 4.78 is 0. The zero-order valence-corrected chi connectivity index (χ0v) is 41.1. The molecule has 0 aromatic carbocycles. The molecule has 366 valence electrons. The molecule has 0 radical (unpaired) electrons. The van der Waals surface area contributed by atoms with Crippen molar-refractivity contribution >= 4 is 55.8 Å². The van der Waals surface area contributed by atoms with Gasteiger partial charge in [0.25, 0.3) is 0 Å². The molecule has 5 aliphatic rings. The van der Waals surface area contributed by atoms with Crippen molar-refractivity contribution in [1.29, 1.82) is 0 Å². The maximum atomic E-state index is 13.0. The summed E-state index contributed by atoms with van der Waals surface area (Å²) in [7, 11) is 0. The first kappa shape index (κ1) is 56.7. The number of aliphatic hydroxyl groups is 3. The third-order valence-electron chi connectivity index (χ3n) is 16.4. The van der Waals surface area contributed by atoms with Crippen molar-refractivity contribution in [3.63, 3.8) is 0 Å². The van der Waals surface area contributed by atoms with Crippen LogP contribution in [-0.2, 0) is 28.8 Å². The number of nitrogens with one attached hydrogen (secondary N) is 2. The fraction of sp³-hybridized carbons (Fsp3) is 0.867. The van der Waals surface area contributed by atoms with Gasteiger partial charge in [0.15, 0.2) is 0 Å². The van der Waals surface area contributed by atoms with Crippen LogP contribution in [0, 0.1) is 46.3 Å². The molecule has 4 aliphatic carbocycles. The molecule has 4 saturated carbocycles. The molecule has 7 N–H and O–H groups in total. The number of hydrogen-bond acceptors (Lipinski definition) is 16. The second-order valence-electron chi connectivity index (χ2n) is 20.0. The molecule has 0 aromatic rings. The maximum Gasteiger partial charge on any atom is 3.00 e. The third kappa shape index (κ3) is 14.4. The van der Waals surface area contributed by atoms with Crippen LogP contribution in [0.25, 0.3) is 0 Å².